The number of hydrogen-bond donors (Lipinski definition) is 1. The van der Waals surface area contributed by atoms with Crippen molar-refractivity contribution in [3.05, 3.63) is 53.8 Å². The summed E-state index contributed by atoms with van der Waals surface area (Å²) in [5, 5.41) is 9.37. The van der Waals surface area contributed by atoms with Gasteiger partial charge in [-0.3, -0.25) is 4.79 Å². The number of piperazine rings is 1. The summed E-state index contributed by atoms with van der Waals surface area (Å²) in [4.78, 5) is 42.2. The number of likely N-dealkylation sites (tertiary alicyclic amines) is 1. The van der Waals surface area contributed by atoms with Crippen molar-refractivity contribution < 1.29 is 33.4 Å². The van der Waals surface area contributed by atoms with Crippen LogP contribution < -0.4 is 4.74 Å². The van der Waals surface area contributed by atoms with E-state index in [1.807, 2.05) is 27.7 Å². The molecule has 2 saturated heterocycles. The summed E-state index contributed by atoms with van der Waals surface area (Å²) in [5.74, 6) is -0.0463. The molecule has 3 amide bonds. The maximum absolute atomic E-state index is 13.7. The SMILES string of the molecule is CCC1CN(C(=O)O)CCN1C(=O)c1ccc(OC2CCN(C(=O)OC(C)(C)C)C2)c(-c2ccc(F)cc2)c1. The lowest BCUT2D eigenvalue weighted by atomic mass is 10.00. The second-order valence-corrected chi connectivity index (χ2v) is 11.0. The third-order valence-corrected chi connectivity index (χ3v) is 6.96. The molecular weight excluding hydrogens is 505 g/mol. The second kappa shape index (κ2) is 11.5. The van der Waals surface area contributed by atoms with Crippen LogP contribution in [0.15, 0.2) is 42.5 Å². The highest BCUT2D eigenvalue weighted by Crippen LogP contribution is 2.34. The van der Waals surface area contributed by atoms with Gasteiger partial charge in [0.1, 0.15) is 23.3 Å². The molecule has 0 radical (unpaired) electrons. The Kier molecular flexibility index (Phi) is 8.32. The van der Waals surface area contributed by atoms with Gasteiger partial charge in [0, 0.05) is 49.8 Å². The Morgan fingerprint density at radius 3 is 2.36 bits per heavy atom. The first-order chi connectivity index (χ1) is 18.4. The first-order valence-electron chi connectivity index (χ1n) is 13.3. The van der Waals surface area contributed by atoms with E-state index in [0.717, 1.165) is 0 Å². The van der Waals surface area contributed by atoms with Gasteiger partial charge in [-0.25, -0.2) is 14.0 Å². The van der Waals surface area contributed by atoms with Crippen molar-refractivity contribution in [1.82, 2.24) is 14.7 Å². The molecule has 210 valence electrons. The highest BCUT2D eigenvalue weighted by molar-refractivity contribution is 5.96. The Balaban J connectivity index is 1.57. The molecule has 2 aliphatic heterocycles. The summed E-state index contributed by atoms with van der Waals surface area (Å²) < 4.78 is 25.5. The first kappa shape index (κ1) is 28.2. The first-order valence-corrected chi connectivity index (χ1v) is 13.3. The maximum Gasteiger partial charge on any atom is 0.410 e. The zero-order chi connectivity index (χ0) is 28.3. The summed E-state index contributed by atoms with van der Waals surface area (Å²) in [6.45, 7) is 9.08. The van der Waals surface area contributed by atoms with Gasteiger partial charge in [0.25, 0.3) is 5.91 Å². The van der Waals surface area contributed by atoms with Gasteiger partial charge in [-0.1, -0.05) is 19.1 Å². The average molecular weight is 542 g/mol. The highest BCUT2D eigenvalue weighted by atomic mass is 19.1. The van der Waals surface area contributed by atoms with Gasteiger partial charge < -0.3 is 29.3 Å². The third-order valence-electron chi connectivity index (χ3n) is 6.96. The van der Waals surface area contributed by atoms with Crippen molar-refractivity contribution in [3.63, 3.8) is 0 Å². The fraction of sp³-hybridized carbons (Fsp3) is 0.483. The van der Waals surface area contributed by atoms with E-state index >= 15 is 0 Å². The molecule has 9 nitrogen and oxygen atoms in total. The smallest absolute Gasteiger partial charge is 0.410 e. The van der Waals surface area contributed by atoms with E-state index in [9.17, 15) is 23.9 Å². The molecule has 0 aliphatic carbocycles. The number of carbonyl (C=O) groups is 3. The number of ether oxygens (including phenoxy) is 2. The van der Waals surface area contributed by atoms with Gasteiger partial charge in [-0.15, -0.1) is 0 Å². The molecular formula is C29H36FN3O6. The van der Waals surface area contributed by atoms with E-state index in [-0.39, 0.29) is 43.1 Å². The van der Waals surface area contributed by atoms with Crippen LogP contribution in [0.5, 0.6) is 5.75 Å². The molecule has 0 aromatic heterocycles. The quantitative estimate of drug-likeness (QED) is 0.566. The van der Waals surface area contributed by atoms with Crippen LogP contribution in [-0.2, 0) is 4.74 Å². The van der Waals surface area contributed by atoms with Crippen LogP contribution in [-0.4, -0.2) is 88.4 Å². The molecule has 2 aromatic carbocycles. The van der Waals surface area contributed by atoms with Crippen molar-refractivity contribution >= 4 is 18.1 Å². The second-order valence-electron chi connectivity index (χ2n) is 11.0. The predicted molar refractivity (Wildman–Crippen MR) is 143 cm³/mol. The van der Waals surface area contributed by atoms with Crippen LogP contribution in [0.25, 0.3) is 11.1 Å². The summed E-state index contributed by atoms with van der Waals surface area (Å²) in [5.41, 5.74) is 1.16. The third kappa shape index (κ3) is 6.79. The lowest BCUT2D eigenvalue weighted by molar-refractivity contribution is 0.0275. The van der Waals surface area contributed by atoms with Gasteiger partial charge >= 0.3 is 12.2 Å². The number of rotatable bonds is 5. The van der Waals surface area contributed by atoms with Gasteiger partial charge in [0.15, 0.2) is 0 Å². The number of carboxylic acid groups (broad SMARTS) is 1. The van der Waals surface area contributed by atoms with E-state index in [0.29, 0.717) is 54.9 Å². The van der Waals surface area contributed by atoms with E-state index in [1.165, 1.54) is 17.0 Å². The Morgan fingerprint density at radius 1 is 1.00 bits per heavy atom. The van der Waals surface area contributed by atoms with Crippen molar-refractivity contribution in [3.8, 4) is 16.9 Å². The molecule has 0 spiro atoms. The zero-order valence-electron chi connectivity index (χ0n) is 22.9. The molecule has 0 saturated carbocycles. The molecule has 0 bridgehead atoms. The summed E-state index contributed by atoms with van der Waals surface area (Å²) in [6.07, 6.45) is -0.405. The van der Waals surface area contributed by atoms with Crippen LogP contribution in [0.4, 0.5) is 14.0 Å². The molecule has 2 aliphatic rings. The topological polar surface area (TPSA) is 99.6 Å². The van der Waals surface area contributed by atoms with Crippen LogP contribution >= 0.6 is 0 Å². The van der Waals surface area contributed by atoms with Crippen LogP contribution in [0, 0.1) is 5.82 Å². The van der Waals surface area contributed by atoms with Crippen molar-refractivity contribution in [2.75, 3.05) is 32.7 Å². The summed E-state index contributed by atoms with van der Waals surface area (Å²) in [7, 11) is 0. The molecule has 39 heavy (non-hydrogen) atoms. The Bertz CT molecular complexity index is 1210. The minimum atomic E-state index is -0.988. The number of halogens is 1. The van der Waals surface area contributed by atoms with E-state index in [4.69, 9.17) is 9.47 Å². The van der Waals surface area contributed by atoms with Crippen LogP contribution in [0.3, 0.4) is 0 Å². The largest absolute Gasteiger partial charge is 0.488 e. The van der Waals surface area contributed by atoms with E-state index in [1.54, 1.807) is 40.1 Å². The fourth-order valence-corrected chi connectivity index (χ4v) is 4.93. The van der Waals surface area contributed by atoms with Crippen LogP contribution in [0.1, 0.15) is 50.9 Å². The van der Waals surface area contributed by atoms with Crippen molar-refractivity contribution in [1.29, 1.82) is 0 Å². The predicted octanol–water partition coefficient (Wildman–Crippen LogP) is 5.10. The van der Waals surface area contributed by atoms with E-state index in [2.05, 4.69) is 0 Å². The summed E-state index contributed by atoms with van der Waals surface area (Å²) >= 11 is 0. The van der Waals surface area contributed by atoms with Gasteiger partial charge in [-0.05, 0) is 63.1 Å². The highest BCUT2D eigenvalue weighted by Gasteiger charge is 2.33. The standard InChI is InChI=1S/C29H36FN3O6/c1-5-22-17-31(27(35)36)14-15-33(22)26(34)20-8-11-25(24(16-20)19-6-9-21(30)10-7-19)38-23-12-13-32(18-23)28(37)39-29(2,3)4/h6-11,16,22-23H,5,12-15,17-18H2,1-4H3,(H,35,36). The molecule has 2 atom stereocenters. The lowest BCUT2D eigenvalue weighted by Gasteiger charge is -2.40. The van der Waals surface area contributed by atoms with Crippen molar-refractivity contribution in [2.24, 2.45) is 0 Å². The number of carbonyl (C=O) groups excluding carboxylic acids is 2. The fourth-order valence-electron chi connectivity index (χ4n) is 4.93. The number of benzene rings is 2. The van der Waals surface area contributed by atoms with E-state index < -0.39 is 11.7 Å². The molecule has 1 N–H and O–H groups in total. The molecule has 2 fully saturated rings. The molecule has 2 unspecified atom stereocenters. The molecule has 2 aromatic rings. The summed E-state index contributed by atoms with van der Waals surface area (Å²) in [6, 6.07) is 10.9. The number of hydrogen-bond acceptors (Lipinski definition) is 5. The van der Waals surface area contributed by atoms with Crippen LogP contribution in [0.2, 0.25) is 0 Å². The number of nitrogens with zero attached hydrogens (tertiary/aromatic N) is 3. The minimum Gasteiger partial charge on any atom is -0.488 e. The molecule has 10 heteroatoms. The molecule has 4 rings (SSSR count). The average Bonchev–Trinajstić information content (AvgIpc) is 3.36. The Morgan fingerprint density at radius 2 is 1.72 bits per heavy atom. The number of amides is 3. The molecule has 2 heterocycles. The lowest BCUT2D eigenvalue weighted by Crippen LogP contribution is -2.56. The van der Waals surface area contributed by atoms with Gasteiger partial charge in [-0.2, -0.15) is 0 Å². The zero-order valence-corrected chi connectivity index (χ0v) is 22.9. The van der Waals surface area contributed by atoms with Crippen molar-refractivity contribution in [2.45, 2.75) is 58.3 Å². The van der Waals surface area contributed by atoms with Gasteiger partial charge in [0.2, 0.25) is 0 Å². The maximum atomic E-state index is 13.7. The normalized spacial score (nSPS) is 19.7. The monoisotopic (exact) mass is 541 g/mol. The minimum absolute atomic E-state index is 0.196. The Labute approximate surface area is 228 Å². The Hall–Kier alpha value is -3.82. The van der Waals surface area contributed by atoms with Gasteiger partial charge in [0.05, 0.1) is 6.54 Å².